The summed E-state index contributed by atoms with van der Waals surface area (Å²) in [5, 5.41) is 3.48. The van der Waals surface area contributed by atoms with Crippen molar-refractivity contribution in [1.29, 1.82) is 0 Å². The molecule has 2 rings (SSSR count). The van der Waals surface area contributed by atoms with Crippen molar-refractivity contribution in [2.24, 2.45) is 0 Å². The molecule has 0 aliphatic carbocycles. The normalized spacial score (nSPS) is 13.4. The van der Waals surface area contributed by atoms with Crippen molar-refractivity contribution in [2.45, 2.75) is 66.0 Å². The summed E-state index contributed by atoms with van der Waals surface area (Å²) < 4.78 is 15.5. The van der Waals surface area contributed by atoms with Gasteiger partial charge in [-0.25, -0.2) is 19.4 Å². The maximum absolute atomic E-state index is 12.3. The minimum Gasteiger partial charge on any atom is -0.461 e. The molecule has 2 heterocycles. The van der Waals surface area contributed by atoms with Crippen LogP contribution in [0.5, 0.6) is 0 Å². The Kier molecular flexibility index (Phi) is 7.65. The second kappa shape index (κ2) is 9.80. The average Bonchev–Trinajstić information content (AvgIpc) is 3.09. The Bertz CT molecular complexity index is 960. The molecule has 9 heteroatoms. The second-order valence-electron chi connectivity index (χ2n) is 8.21. The number of nitrogens with zero attached hydrogens (tertiary/aromatic N) is 1. The van der Waals surface area contributed by atoms with E-state index in [4.69, 9.17) is 14.2 Å². The number of hydrogen-bond donors (Lipinski definition) is 2. The third-order valence-electron chi connectivity index (χ3n) is 4.60. The zero-order valence-electron chi connectivity index (χ0n) is 19.1. The maximum atomic E-state index is 12.3. The number of H-pyrrole nitrogens is 1. The molecule has 2 N–H and O–H groups in total. The molecule has 0 aromatic carbocycles. The van der Waals surface area contributed by atoms with E-state index in [0.717, 1.165) is 5.56 Å². The molecule has 0 fully saturated rings. The molecule has 170 valence electrons. The van der Waals surface area contributed by atoms with Gasteiger partial charge in [0, 0.05) is 17.3 Å². The van der Waals surface area contributed by atoms with Gasteiger partial charge in [0.05, 0.1) is 13.2 Å². The van der Waals surface area contributed by atoms with E-state index in [9.17, 15) is 14.4 Å². The molecule has 2 atom stereocenters. The molecule has 9 nitrogen and oxygen atoms in total. The van der Waals surface area contributed by atoms with Gasteiger partial charge in [-0.2, -0.15) is 0 Å². The molecule has 2 unspecified atom stereocenters. The molecule has 0 aliphatic heterocycles. The van der Waals surface area contributed by atoms with Crippen molar-refractivity contribution in [3.8, 4) is 0 Å². The van der Waals surface area contributed by atoms with Crippen LogP contribution in [0.3, 0.4) is 0 Å². The standard InChI is InChI=1S/C22H31N3O6/c1-8-29-19(26)16-10-14(12(3)13(4)23-21(28)31-22(5,6)7)15-11-17(20(27)30-9-2)25-18(15)24-16/h10-13H,8-9H2,1-7H3,(H,23,28)(H,24,25). The first kappa shape index (κ1) is 24.2. The molecule has 0 saturated carbocycles. The van der Waals surface area contributed by atoms with Crippen molar-refractivity contribution in [3.63, 3.8) is 0 Å². The van der Waals surface area contributed by atoms with Gasteiger partial charge in [-0.15, -0.1) is 0 Å². The molecule has 0 bridgehead atoms. The highest BCUT2D eigenvalue weighted by Gasteiger charge is 2.25. The monoisotopic (exact) mass is 433 g/mol. The third-order valence-corrected chi connectivity index (χ3v) is 4.60. The quantitative estimate of drug-likeness (QED) is 0.501. The first-order valence-corrected chi connectivity index (χ1v) is 10.3. The zero-order valence-corrected chi connectivity index (χ0v) is 19.1. The minimum absolute atomic E-state index is 0.109. The van der Waals surface area contributed by atoms with E-state index in [1.165, 1.54) is 0 Å². The number of nitrogens with one attached hydrogen (secondary N) is 2. The first-order valence-electron chi connectivity index (χ1n) is 10.3. The zero-order chi connectivity index (χ0) is 23.3. The van der Waals surface area contributed by atoms with Gasteiger partial charge in [-0.1, -0.05) is 6.92 Å². The fourth-order valence-electron chi connectivity index (χ4n) is 3.02. The second-order valence-corrected chi connectivity index (χ2v) is 8.21. The number of carbonyl (C=O) groups is 3. The summed E-state index contributed by atoms with van der Waals surface area (Å²) in [6, 6.07) is 2.93. The van der Waals surface area contributed by atoms with Gasteiger partial charge in [0.1, 0.15) is 16.9 Å². The SMILES string of the molecule is CCOC(=O)c1cc(C(C)C(C)NC(=O)OC(C)(C)C)c2cc(C(=O)OCC)[nH]c2n1. The van der Waals surface area contributed by atoms with E-state index in [1.807, 2.05) is 13.8 Å². The van der Waals surface area contributed by atoms with Crippen LogP contribution in [-0.4, -0.2) is 52.9 Å². The number of aromatic amines is 1. The van der Waals surface area contributed by atoms with Crippen LogP contribution in [0.2, 0.25) is 0 Å². The van der Waals surface area contributed by atoms with Crippen molar-refractivity contribution < 1.29 is 28.6 Å². The molecule has 1 amide bonds. The van der Waals surface area contributed by atoms with Crippen LogP contribution in [0.4, 0.5) is 4.79 Å². The van der Waals surface area contributed by atoms with Crippen LogP contribution < -0.4 is 5.32 Å². The molecule has 2 aromatic heterocycles. The first-order chi connectivity index (χ1) is 14.5. The number of esters is 2. The summed E-state index contributed by atoms with van der Waals surface area (Å²) in [4.78, 5) is 44.0. The Balaban J connectivity index is 2.45. The van der Waals surface area contributed by atoms with E-state index in [1.54, 1.807) is 46.8 Å². The molecule has 2 aromatic rings. The molecule has 0 saturated heterocycles. The van der Waals surface area contributed by atoms with Gasteiger partial charge in [0.2, 0.25) is 0 Å². The highest BCUT2D eigenvalue weighted by molar-refractivity contribution is 5.97. The van der Waals surface area contributed by atoms with Crippen LogP contribution in [-0.2, 0) is 14.2 Å². The lowest BCUT2D eigenvalue weighted by Crippen LogP contribution is -2.40. The summed E-state index contributed by atoms with van der Waals surface area (Å²) in [6.07, 6.45) is -0.538. The molecular formula is C22H31N3O6. The summed E-state index contributed by atoms with van der Waals surface area (Å²) in [5.74, 6) is -1.33. The molecule has 0 radical (unpaired) electrons. The highest BCUT2D eigenvalue weighted by Crippen LogP contribution is 2.29. The van der Waals surface area contributed by atoms with Gasteiger partial charge >= 0.3 is 18.0 Å². The highest BCUT2D eigenvalue weighted by atomic mass is 16.6. The molecule has 0 aliphatic rings. The van der Waals surface area contributed by atoms with Gasteiger partial charge in [0.15, 0.2) is 5.69 Å². The van der Waals surface area contributed by atoms with Crippen LogP contribution in [0.15, 0.2) is 12.1 Å². The van der Waals surface area contributed by atoms with Crippen LogP contribution in [0.1, 0.15) is 80.9 Å². The Morgan fingerprint density at radius 1 is 1.06 bits per heavy atom. The lowest BCUT2D eigenvalue weighted by Gasteiger charge is -2.25. The van der Waals surface area contributed by atoms with Crippen molar-refractivity contribution >= 4 is 29.1 Å². The number of rotatable bonds is 7. The number of hydrogen-bond acceptors (Lipinski definition) is 7. The smallest absolute Gasteiger partial charge is 0.407 e. The van der Waals surface area contributed by atoms with Crippen LogP contribution in [0.25, 0.3) is 11.0 Å². The maximum Gasteiger partial charge on any atom is 0.407 e. The third kappa shape index (κ3) is 6.19. The van der Waals surface area contributed by atoms with Gasteiger partial charge in [-0.3, -0.25) is 0 Å². The average molecular weight is 434 g/mol. The van der Waals surface area contributed by atoms with Crippen LogP contribution in [0, 0.1) is 0 Å². The van der Waals surface area contributed by atoms with Gasteiger partial charge in [0.25, 0.3) is 0 Å². The van der Waals surface area contributed by atoms with E-state index in [2.05, 4.69) is 15.3 Å². The predicted molar refractivity (Wildman–Crippen MR) is 115 cm³/mol. The minimum atomic E-state index is -0.622. The fourth-order valence-corrected chi connectivity index (χ4v) is 3.02. The van der Waals surface area contributed by atoms with Gasteiger partial charge in [-0.05, 0) is 59.2 Å². The number of fused-ring (bicyclic) bond motifs is 1. The number of pyridine rings is 1. The molecular weight excluding hydrogens is 402 g/mol. The number of ether oxygens (including phenoxy) is 3. The van der Waals surface area contributed by atoms with Crippen molar-refractivity contribution in [2.75, 3.05) is 13.2 Å². The topological polar surface area (TPSA) is 120 Å². The van der Waals surface area contributed by atoms with Crippen molar-refractivity contribution in [1.82, 2.24) is 15.3 Å². The lowest BCUT2D eigenvalue weighted by atomic mass is 9.92. The summed E-state index contributed by atoms with van der Waals surface area (Å²) in [5.41, 5.74) is 0.802. The summed E-state index contributed by atoms with van der Waals surface area (Å²) in [7, 11) is 0. The summed E-state index contributed by atoms with van der Waals surface area (Å²) in [6.45, 7) is 13.0. The van der Waals surface area contributed by atoms with E-state index in [-0.39, 0.29) is 36.6 Å². The largest absolute Gasteiger partial charge is 0.461 e. The summed E-state index contributed by atoms with van der Waals surface area (Å²) >= 11 is 0. The van der Waals surface area contributed by atoms with E-state index in [0.29, 0.717) is 11.0 Å². The Morgan fingerprint density at radius 2 is 1.68 bits per heavy atom. The number of amides is 1. The Labute approximate surface area is 181 Å². The Morgan fingerprint density at radius 3 is 2.26 bits per heavy atom. The Hall–Kier alpha value is -3.10. The van der Waals surface area contributed by atoms with Crippen molar-refractivity contribution in [3.05, 3.63) is 29.1 Å². The molecule has 0 spiro atoms. The number of aromatic nitrogens is 2. The van der Waals surface area contributed by atoms with Crippen LogP contribution >= 0.6 is 0 Å². The number of carbonyl (C=O) groups excluding carboxylic acids is 3. The predicted octanol–water partition coefficient (Wildman–Crippen LogP) is 3.93. The fraction of sp³-hybridized carbons (Fsp3) is 0.545. The molecule has 31 heavy (non-hydrogen) atoms. The van der Waals surface area contributed by atoms with Gasteiger partial charge < -0.3 is 24.5 Å². The van der Waals surface area contributed by atoms with E-state index < -0.39 is 23.6 Å². The van der Waals surface area contributed by atoms with E-state index >= 15 is 0 Å². The lowest BCUT2D eigenvalue weighted by molar-refractivity contribution is 0.0494. The number of alkyl carbamates (subject to hydrolysis) is 1.